The number of likely N-dealkylation sites (N-methyl/N-ethyl adjacent to an activating group) is 1. The summed E-state index contributed by atoms with van der Waals surface area (Å²) in [6.45, 7) is 4.27. The third-order valence-electron chi connectivity index (χ3n) is 3.61. The van der Waals surface area contributed by atoms with Gasteiger partial charge in [-0.25, -0.2) is 9.97 Å². The molecule has 1 amide bonds. The van der Waals surface area contributed by atoms with Gasteiger partial charge >= 0.3 is 0 Å². The van der Waals surface area contributed by atoms with Crippen molar-refractivity contribution >= 4 is 5.91 Å². The minimum Gasteiger partial charge on any atom is -0.349 e. The molecule has 110 valence electrons. The molecule has 0 atom stereocenters. The summed E-state index contributed by atoms with van der Waals surface area (Å²) in [6.07, 6.45) is 6.54. The van der Waals surface area contributed by atoms with Crippen molar-refractivity contribution in [3.05, 3.63) is 24.3 Å². The molecule has 20 heavy (non-hydrogen) atoms. The summed E-state index contributed by atoms with van der Waals surface area (Å²) in [5.41, 5.74) is 0.530. The van der Waals surface area contributed by atoms with E-state index in [1.165, 1.54) is 6.33 Å². The highest BCUT2D eigenvalue weighted by Crippen LogP contribution is 2.10. The molecule has 1 aromatic rings. The first-order valence-corrected chi connectivity index (χ1v) is 7.08. The van der Waals surface area contributed by atoms with Gasteiger partial charge in [-0.1, -0.05) is 0 Å². The highest BCUT2D eigenvalue weighted by atomic mass is 16.1. The molecular weight excluding hydrogens is 254 g/mol. The molecular formula is C14H23N5O. The first kappa shape index (κ1) is 14.9. The number of nitrogens with one attached hydrogen (secondary N) is 1. The van der Waals surface area contributed by atoms with Gasteiger partial charge in [-0.05, 0) is 26.9 Å². The molecule has 0 spiro atoms. The third-order valence-corrected chi connectivity index (χ3v) is 3.61. The normalized spacial score (nSPS) is 17.4. The van der Waals surface area contributed by atoms with Crippen LogP contribution in [0.1, 0.15) is 23.2 Å². The predicted octanol–water partition coefficient (Wildman–Crippen LogP) is 0.232. The van der Waals surface area contributed by atoms with Crippen molar-refractivity contribution < 1.29 is 4.79 Å². The SMILES string of the molecule is CN(C)CCN1CCC(NC(=O)c2cncnc2)CC1. The number of hydrogen-bond acceptors (Lipinski definition) is 5. The van der Waals surface area contributed by atoms with Crippen LogP contribution in [0.25, 0.3) is 0 Å². The van der Waals surface area contributed by atoms with Crippen molar-refractivity contribution in [1.82, 2.24) is 25.1 Å². The van der Waals surface area contributed by atoms with Gasteiger partial charge in [0.15, 0.2) is 0 Å². The van der Waals surface area contributed by atoms with Gasteiger partial charge in [0, 0.05) is 44.6 Å². The number of hydrogen-bond donors (Lipinski definition) is 1. The summed E-state index contributed by atoms with van der Waals surface area (Å²) in [5.74, 6) is -0.0719. The summed E-state index contributed by atoms with van der Waals surface area (Å²) in [5, 5.41) is 3.06. The molecule has 1 aromatic heterocycles. The van der Waals surface area contributed by atoms with Crippen molar-refractivity contribution in [3.63, 3.8) is 0 Å². The molecule has 1 N–H and O–H groups in total. The lowest BCUT2D eigenvalue weighted by Gasteiger charge is -2.32. The Morgan fingerprint density at radius 2 is 2.00 bits per heavy atom. The summed E-state index contributed by atoms with van der Waals surface area (Å²) in [4.78, 5) is 24.4. The van der Waals surface area contributed by atoms with Crippen LogP contribution in [0, 0.1) is 0 Å². The van der Waals surface area contributed by atoms with Gasteiger partial charge in [-0.3, -0.25) is 4.79 Å². The van der Waals surface area contributed by atoms with E-state index in [-0.39, 0.29) is 11.9 Å². The quantitative estimate of drug-likeness (QED) is 0.835. The van der Waals surface area contributed by atoms with Crippen LogP contribution in [-0.2, 0) is 0 Å². The van der Waals surface area contributed by atoms with Gasteiger partial charge in [0.1, 0.15) is 6.33 Å². The van der Waals surface area contributed by atoms with Crippen molar-refractivity contribution in [1.29, 1.82) is 0 Å². The molecule has 1 saturated heterocycles. The topological polar surface area (TPSA) is 61.4 Å². The lowest BCUT2D eigenvalue weighted by Crippen LogP contribution is -2.46. The summed E-state index contributed by atoms with van der Waals surface area (Å²) in [7, 11) is 4.18. The molecule has 0 unspecified atom stereocenters. The maximum absolute atomic E-state index is 12.0. The zero-order chi connectivity index (χ0) is 14.4. The highest BCUT2D eigenvalue weighted by Gasteiger charge is 2.21. The largest absolute Gasteiger partial charge is 0.349 e. The molecule has 6 heteroatoms. The van der Waals surface area contributed by atoms with Gasteiger partial charge in [0.25, 0.3) is 5.91 Å². The van der Waals surface area contributed by atoms with E-state index in [0.29, 0.717) is 5.56 Å². The maximum Gasteiger partial charge on any atom is 0.254 e. The highest BCUT2D eigenvalue weighted by molar-refractivity contribution is 5.93. The second-order valence-electron chi connectivity index (χ2n) is 5.52. The van der Waals surface area contributed by atoms with Crippen LogP contribution in [0.4, 0.5) is 0 Å². The van der Waals surface area contributed by atoms with Crippen molar-refractivity contribution in [2.75, 3.05) is 40.3 Å². The molecule has 0 aromatic carbocycles. The Hall–Kier alpha value is -1.53. The van der Waals surface area contributed by atoms with E-state index in [1.807, 2.05) is 0 Å². The molecule has 2 heterocycles. The van der Waals surface area contributed by atoms with Crippen LogP contribution in [0.3, 0.4) is 0 Å². The number of nitrogens with zero attached hydrogens (tertiary/aromatic N) is 4. The molecule has 1 aliphatic rings. The minimum absolute atomic E-state index is 0.0719. The van der Waals surface area contributed by atoms with E-state index >= 15 is 0 Å². The number of amides is 1. The average molecular weight is 277 g/mol. The fraction of sp³-hybridized carbons (Fsp3) is 0.643. The summed E-state index contributed by atoms with van der Waals surface area (Å²) < 4.78 is 0. The zero-order valence-electron chi connectivity index (χ0n) is 12.2. The van der Waals surface area contributed by atoms with Crippen molar-refractivity contribution in [3.8, 4) is 0 Å². The number of rotatable bonds is 5. The van der Waals surface area contributed by atoms with Crippen molar-refractivity contribution in [2.24, 2.45) is 0 Å². The predicted molar refractivity (Wildman–Crippen MR) is 77.5 cm³/mol. The smallest absolute Gasteiger partial charge is 0.254 e. The fourth-order valence-electron chi connectivity index (χ4n) is 2.33. The molecule has 2 rings (SSSR count). The lowest BCUT2D eigenvalue weighted by atomic mass is 10.0. The lowest BCUT2D eigenvalue weighted by molar-refractivity contribution is 0.0908. The second-order valence-corrected chi connectivity index (χ2v) is 5.52. The molecule has 1 fully saturated rings. The second kappa shape index (κ2) is 7.31. The first-order chi connectivity index (χ1) is 9.65. The average Bonchev–Trinajstić information content (AvgIpc) is 2.47. The molecule has 6 nitrogen and oxygen atoms in total. The van der Waals surface area contributed by atoms with E-state index in [0.717, 1.165) is 39.0 Å². The number of carbonyl (C=O) groups is 1. The van der Waals surface area contributed by atoms with E-state index in [2.05, 4.69) is 39.2 Å². The molecule has 0 saturated carbocycles. The maximum atomic E-state index is 12.0. The van der Waals surface area contributed by atoms with Gasteiger partial charge in [0.2, 0.25) is 0 Å². The van der Waals surface area contributed by atoms with Crippen LogP contribution in [0.2, 0.25) is 0 Å². The fourth-order valence-corrected chi connectivity index (χ4v) is 2.33. The monoisotopic (exact) mass is 277 g/mol. The van der Waals surface area contributed by atoms with Gasteiger partial charge < -0.3 is 15.1 Å². The number of piperidine rings is 1. The Bertz CT molecular complexity index is 415. The van der Waals surface area contributed by atoms with Crippen LogP contribution in [0.15, 0.2) is 18.7 Å². The molecule has 0 bridgehead atoms. The Kier molecular flexibility index (Phi) is 5.43. The first-order valence-electron chi connectivity index (χ1n) is 7.08. The van der Waals surface area contributed by atoms with E-state index < -0.39 is 0 Å². The number of likely N-dealkylation sites (tertiary alicyclic amines) is 1. The van der Waals surface area contributed by atoms with Crippen LogP contribution in [-0.4, -0.2) is 72.0 Å². The van der Waals surface area contributed by atoms with Gasteiger partial charge in [0.05, 0.1) is 5.56 Å². The Balaban J connectivity index is 1.73. The van der Waals surface area contributed by atoms with E-state index in [9.17, 15) is 4.79 Å². The van der Waals surface area contributed by atoms with Crippen molar-refractivity contribution in [2.45, 2.75) is 18.9 Å². The molecule has 0 aliphatic carbocycles. The summed E-state index contributed by atoms with van der Waals surface area (Å²) >= 11 is 0. The van der Waals surface area contributed by atoms with Crippen LogP contribution >= 0.6 is 0 Å². The number of carbonyl (C=O) groups excluding carboxylic acids is 1. The van der Waals surface area contributed by atoms with Crippen LogP contribution < -0.4 is 5.32 Å². The summed E-state index contributed by atoms with van der Waals surface area (Å²) in [6, 6.07) is 0.262. The number of aromatic nitrogens is 2. The van der Waals surface area contributed by atoms with E-state index in [4.69, 9.17) is 0 Å². The Morgan fingerprint density at radius 1 is 1.35 bits per heavy atom. The third kappa shape index (κ3) is 4.54. The Labute approximate surface area is 120 Å². The zero-order valence-corrected chi connectivity index (χ0v) is 12.2. The molecule has 1 aliphatic heterocycles. The van der Waals surface area contributed by atoms with Crippen LogP contribution in [0.5, 0.6) is 0 Å². The standard InChI is InChI=1S/C14H23N5O/c1-18(2)7-8-19-5-3-13(4-6-19)17-14(20)12-9-15-11-16-10-12/h9-11,13H,3-8H2,1-2H3,(H,17,20). The van der Waals surface area contributed by atoms with E-state index in [1.54, 1.807) is 12.4 Å². The molecule has 0 radical (unpaired) electrons. The Morgan fingerprint density at radius 3 is 2.60 bits per heavy atom. The van der Waals surface area contributed by atoms with Gasteiger partial charge in [-0.15, -0.1) is 0 Å². The minimum atomic E-state index is -0.0719. The van der Waals surface area contributed by atoms with Gasteiger partial charge in [-0.2, -0.15) is 0 Å².